The Morgan fingerprint density at radius 3 is 1.23 bits per heavy atom. The maximum Gasteiger partial charge on any atom is 0.407 e. The van der Waals surface area contributed by atoms with Gasteiger partial charge in [-0.2, -0.15) is 0 Å². The lowest BCUT2D eigenvalue weighted by molar-refractivity contribution is -0.139. The van der Waals surface area contributed by atoms with Crippen molar-refractivity contribution in [2.45, 2.75) is 5.92 Å². The van der Waals surface area contributed by atoms with Crippen molar-refractivity contribution in [3.63, 3.8) is 0 Å². The van der Waals surface area contributed by atoms with E-state index in [1.54, 1.807) is 0 Å². The van der Waals surface area contributed by atoms with Crippen molar-refractivity contribution in [3.05, 3.63) is 72.3 Å². The van der Waals surface area contributed by atoms with Crippen molar-refractivity contribution >= 4 is 12.1 Å². The van der Waals surface area contributed by atoms with Gasteiger partial charge in [0.15, 0.2) is 0 Å². The molecule has 2 aromatic rings. The first-order chi connectivity index (χ1) is 25.7. The number of ether oxygens (including phenoxy) is 11. The van der Waals surface area contributed by atoms with Gasteiger partial charge < -0.3 is 57.4 Å². The first kappa shape index (κ1) is 43.0. The second-order valence-corrected chi connectivity index (χ2v) is 11.1. The molecule has 0 atom stereocenters. The highest BCUT2D eigenvalue weighted by atomic mass is 16.6. The Labute approximate surface area is 306 Å². The third kappa shape index (κ3) is 18.9. The van der Waals surface area contributed by atoms with Crippen molar-refractivity contribution < 1.29 is 61.7 Å². The Bertz CT molecular complexity index is 1200. The summed E-state index contributed by atoms with van der Waals surface area (Å²) in [6.07, 6.45) is 0.655. The summed E-state index contributed by atoms with van der Waals surface area (Å²) >= 11 is 0. The number of esters is 1. The van der Waals surface area contributed by atoms with Crippen molar-refractivity contribution in [2.75, 3.05) is 139 Å². The summed E-state index contributed by atoms with van der Waals surface area (Å²) in [5.41, 5.74) is 4.76. The number of fused-ring (bicyclic) bond motifs is 3. The summed E-state index contributed by atoms with van der Waals surface area (Å²) in [6, 6.07) is 16.5. The predicted octanol–water partition coefficient (Wildman–Crippen LogP) is 3.40. The second-order valence-electron chi connectivity index (χ2n) is 11.1. The number of amides is 1. The lowest BCUT2D eigenvalue weighted by Gasteiger charge is -2.14. The summed E-state index contributed by atoms with van der Waals surface area (Å²) < 4.78 is 59.3. The van der Waals surface area contributed by atoms with E-state index in [2.05, 4.69) is 36.2 Å². The molecule has 0 aromatic heterocycles. The fourth-order valence-electron chi connectivity index (χ4n) is 5.00. The van der Waals surface area contributed by atoms with Gasteiger partial charge in [0.25, 0.3) is 0 Å². The Morgan fingerprint density at radius 2 is 0.846 bits per heavy atom. The Balaban J connectivity index is 0.963. The Kier molecular flexibility index (Phi) is 24.0. The molecule has 14 nitrogen and oxygen atoms in total. The summed E-state index contributed by atoms with van der Waals surface area (Å²) in [7, 11) is 0. The zero-order valence-electron chi connectivity index (χ0n) is 30.1. The molecule has 0 heterocycles. The minimum Gasteiger partial charge on any atom is -0.460 e. The molecule has 1 N–H and O–H groups in total. The van der Waals surface area contributed by atoms with Crippen LogP contribution in [0.3, 0.4) is 0 Å². The maximum atomic E-state index is 12.2. The molecule has 0 radical (unpaired) electrons. The summed E-state index contributed by atoms with van der Waals surface area (Å²) in [4.78, 5) is 23.1. The topological polar surface area (TPSA) is 148 Å². The number of rotatable bonds is 33. The molecule has 0 spiro atoms. The molecule has 0 saturated heterocycles. The lowest BCUT2D eigenvalue weighted by atomic mass is 9.98. The molecule has 0 unspecified atom stereocenters. The van der Waals surface area contributed by atoms with Crippen LogP contribution in [-0.4, -0.2) is 151 Å². The predicted molar refractivity (Wildman–Crippen MR) is 192 cm³/mol. The van der Waals surface area contributed by atoms with Crippen LogP contribution < -0.4 is 5.32 Å². The fraction of sp³-hybridized carbons (Fsp3) is 0.579. The molecular formula is C38H55NO13. The van der Waals surface area contributed by atoms with Crippen LogP contribution in [0.1, 0.15) is 17.0 Å². The van der Waals surface area contributed by atoms with Gasteiger partial charge in [-0.15, -0.1) is 0 Å². The molecule has 2 aromatic carbocycles. The number of benzene rings is 2. The highest BCUT2D eigenvalue weighted by Gasteiger charge is 2.28. The molecule has 52 heavy (non-hydrogen) atoms. The number of hydrogen-bond acceptors (Lipinski definition) is 13. The maximum absolute atomic E-state index is 12.2. The van der Waals surface area contributed by atoms with E-state index in [1.807, 2.05) is 24.3 Å². The standard InChI is InChI=1S/C38H55NO13/c1-2-37(40)51-30-29-50-28-27-49-26-25-48-24-23-47-22-21-46-20-19-45-18-17-44-16-15-43-14-13-42-12-11-39-38(41)52-31-36-34-9-5-3-7-32(34)33-8-4-6-10-35(33)36/h2-10,36H,1,11-31H2,(H,39,41). The number of alkyl carbamates (subject to hydrolysis) is 1. The van der Waals surface area contributed by atoms with E-state index in [0.29, 0.717) is 125 Å². The molecule has 14 heteroatoms. The minimum atomic E-state index is -0.463. The van der Waals surface area contributed by atoms with Crippen LogP contribution in [0.2, 0.25) is 0 Å². The van der Waals surface area contributed by atoms with Crippen LogP contribution in [0, 0.1) is 0 Å². The summed E-state index contributed by atoms with van der Waals surface area (Å²) in [5.74, 6) is -0.430. The molecule has 1 amide bonds. The zero-order valence-corrected chi connectivity index (χ0v) is 30.1. The van der Waals surface area contributed by atoms with Gasteiger partial charge in [0.05, 0.1) is 119 Å². The van der Waals surface area contributed by atoms with Gasteiger partial charge in [0, 0.05) is 18.5 Å². The normalized spacial score (nSPS) is 12.0. The fourth-order valence-corrected chi connectivity index (χ4v) is 5.00. The van der Waals surface area contributed by atoms with Crippen LogP contribution in [-0.2, 0) is 56.9 Å². The average Bonchev–Trinajstić information content (AvgIpc) is 3.49. The number of carbonyl (C=O) groups is 2. The average molecular weight is 734 g/mol. The first-order valence-corrected chi connectivity index (χ1v) is 17.8. The van der Waals surface area contributed by atoms with Gasteiger partial charge >= 0.3 is 12.1 Å². The highest BCUT2D eigenvalue weighted by molar-refractivity contribution is 5.81. The summed E-state index contributed by atoms with van der Waals surface area (Å²) in [6.45, 7) is 12.2. The molecular weight excluding hydrogens is 678 g/mol. The van der Waals surface area contributed by atoms with E-state index >= 15 is 0 Å². The highest BCUT2D eigenvalue weighted by Crippen LogP contribution is 2.44. The van der Waals surface area contributed by atoms with Gasteiger partial charge in [0.1, 0.15) is 13.2 Å². The van der Waals surface area contributed by atoms with E-state index in [4.69, 9.17) is 52.1 Å². The quantitative estimate of drug-likeness (QED) is 0.0650. The van der Waals surface area contributed by atoms with E-state index in [9.17, 15) is 9.59 Å². The van der Waals surface area contributed by atoms with Gasteiger partial charge in [-0.1, -0.05) is 55.1 Å². The lowest BCUT2D eigenvalue weighted by Crippen LogP contribution is -2.29. The van der Waals surface area contributed by atoms with Gasteiger partial charge in [-0.25, -0.2) is 9.59 Å². The molecule has 3 rings (SSSR count). The Hall–Kier alpha value is -3.44. The van der Waals surface area contributed by atoms with Crippen LogP contribution in [0.4, 0.5) is 4.79 Å². The van der Waals surface area contributed by atoms with Crippen LogP contribution >= 0.6 is 0 Å². The molecule has 1 aliphatic carbocycles. The molecule has 290 valence electrons. The van der Waals surface area contributed by atoms with Crippen LogP contribution in [0.5, 0.6) is 0 Å². The monoisotopic (exact) mass is 733 g/mol. The number of carbonyl (C=O) groups excluding carboxylic acids is 2. The molecule has 0 fully saturated rings. The minimum absolute atomic E-state index is 0.0337. The first-order valence-electron chi connectivity index (χ1n) is 17.8. The van der Waals surface area contributed by atoms with E-state index in [0.717, 1.165) is 6.08 Å². The molecule has 0 saturated carbocycles. The van der Waals surface area contributed by atoms with Crippen molar-refractivity contribution in [1.29, 1.82) is 0 Å². The zero-order chi connectivity index (χ0) is 36.7. The molecule has 0 bridgehead atoms. The van der Waals surface area contributed by atoms with E-state index < -0.39 is 12.1 Å². The van der Waals surface area contributed by atoms with Crippen molar-refractivity contribution in [2.24, 2.45) is 0 Å². The largest absolute Gasteiger partial charge is 0.460 e. The summed E-state index contributed by atoms with van der Waals surface area (Å²) in [5, 5.41) is 2.74. The van der Waals surface area contributed by atoms with Crippen LogP contribution in [0.15, 0.2) is 61.2 Å². The number of nitrogens with one attached hydrogen (secondary N) is 1. The van der Waals surface area contributed by atoms with Gasteiger partial charge in [-0.05, 0) is 22.3 Å². The van der Waals surface area contributed by atoms with E-state index in [1.165, 1.54) is 22.3 Å². The molecule has 1 aliphatic rings. The van der Waals surface area contributed by atoms with Crippen molar-refractivity contribution in [1.82, 2.24) is 5.32 Å². The third-order valence-corrected chi connectivity index (χ3v) is 7.47. The smallest absolute Gasteiger partial charge is 0.407 e. The Morgan fingerprint density at radius 1 is 0.500 bits per heavy atom. The second kappa shape index (κ2) is 29.1. The van der Waals surface area contributed by atoms with Crippen molar-refractivity contribution in [3.8, 4) is 11.1 Å². The van der Waals surface area contributed by atoms with Crippen LogP contribution in [0.25, 0.3) is 11.1 Å². The SMILES string of the molecule is C=CC(=O)OCCOCCOCCOCCOCCOCCOCCOCCOCCOCCNC(=O)OCC1c2ccccc2-c2ccccc21. The molecule has 0 aliphatic heterocycles. The third-order valence-electron chi connectivity index (χ3n) is 7.47. The van der Waals surface area contributed by atoms with E-state index in [-0.39, 0.29) is 19.1 Å². The number of hydrogen-bond donors (Lipinski definition) is 1. The van der Waals surface area contributed by atoms with Gasteiger partial charge in [-0.3, -0.25) is 0 Å². The van der Waals surface area contributed by atoms with Gasteiger partial charge in [0.2, 0.25) is 0 Å².